The topological polar surface area (TPSA) is 61.4 Å². The van der Waals surface area contributed by atoms with Crippen LogP contribution in [0.25, 0.3) is 0 Å². The quantitative estimate of drug-likeness (QED) is 0.828. The van der Waals surface area contributed by atoms with Gasteiger partial charge in [-0.05, 0) is 55.2 Å². The third kappa shape index (κ3) is 5.09. The van der Waals surface area contributed by atoms with Crippen LogP contribution in [0.3, 0.4) is 0 Å². The second-order valence-corrected chi connectivity index (χ2v) is 7.24. The number of aryl methyl sites for hydroxylation is 1. The summed E-state index contributed by atoms with van der Waals surface area (Å²) in [6.45, 7) is 2.58. The molecule has 0 atom stereocenters. The number of rotatable bonds is 5. The largest absolute Gasteiger partial charge is 0.349 e. The van der Waals surface area contributed by atoms with Gasteiger partial charge in [0.05, 0.1) is 0 Å². The van der Waals surface area contributed by atoms with Crippen LogP contribution in [0.4, 0.5) is 10.5 Å². The Labute approximate surface area is 160 Å². The standard InChI is InChI=1S/C22H27N3O2/c1-16-7-3-4-8-18(16)15-25(2)22(27)24-20-13-11-17(12-14-20)21(26)23-19-9-5-6-10-19/h3-4,7-8,11-14,19H,5-6,9-10,15H2,1-2H3,(H,23,26)(H,24,27). The highest BCUT2D eigenvalue weighted by molar-refractivity contribution is 5.95. The minimum atomic E-state index is -0.179. The number of carbonyl (C=O) groups is 2. The second kappa shape index (κ2) is 8.71. The number of carbonyl (C=O) groups excluding carboxylic acids is 2. The molecule has 2 aromatic rings. The molecule has 0 spiro atoms. The smallest absolute Gasteiger partial charge is 0.321 e. The maximum atomic E-state index is 12.4. The average Bonchev–Trinajstić information content (AvgIpc) is 3.17. The lowest BCUT2D eigenvalue weighted by atomic mass is 10.1. The third-order valence-electron chi connectivity index (χ3n) is 5.10. The number of nitrogens with one attached hydrogen (secondary N) is 2. The van der Waals surface area contributed by atoms with E-state index in [1.165, 1.54) is 12.8 Å². The molecular formula is C22H27N3O2. The molecule has 0 aromatic heterocycles. The molecule has 0 bridgehead atoms. The SMILES string of the molecule is Cc1ccccc1CN(C)C(=O)Nc1ccc(C(=O)NC2CCCC2)cc1. The van der Waals surface area contributed by atoms with E-state index in [4.69, 9.17) is 0 Å². The van der Waals surface area contributed by atoms with Crippen LogP contribution >= 0.6 is 0 Å². The maximum absolute atomic E-state index is 12.4. The van der Waals surface area contributed by atoms with Crippen LogP contribution in [-0.4, -0.2) is 29.9 Å². The zero-order valence-electron chi connectivity index (χ0n) is 16.0. The fourth-order valence-corrected chi connectivity index (χ4v) is 3.38. The molecule has 1 fully saturated rings. The molecular weight excluding hydrogens is 338 g/mol. The number of nitrogens with zero attached hydrogens (tertiary/aromatic N) is 1. The van der Waals surface area contributed by atoms with Gasteiger partial charge in [-0.1, -0.05) is 37.1 Å². The van der Waals surface area contributed by atoms with Crippen LogP contribution in [0.15, 0.2) is 48.5 Å². The van der Waals surface area contributed by atoms with E-state index < -0.39 is 0 Å². The van der Waals surface area contributed by atoms with Gasteiger partial charge in [0.1, 0.15) is 0 Å². The van der Waals surface area contributed by atoms with Crippen molar-refractivity contribution in [3.05, 3.63) is 65.2 Å². The Morgan fingerprint density at radius 3 is 2.37 bits per heavy atom. The predicted molar refractivity (Wildman–Crippen MR) is 108 cm³/mol. The van der Waals surface area contributed by atoms with Crippen molar-refractivity contribution in [1.29, 1.82) is 0 Å². The van der Waals surface area contributed by atoms with Gasteiger partial charge in [-0.15, -0.1) is 0 Å². The molecule has 1 aliphatic carbocycles. The summed E-state index contributed by atoms with van der Waals surface area (Å²) in [4.78, 5) is 26.3. The maximum Gasteiger partial charge on any atom is 0.321 e. The molecule has 3 amide bonds. The Bertz CT molecular complexity index is 795. The highest BCUT2D eigenvalue weighted by atomic mass is 16.2. The number of benzene rings is 2. The Hall–Kier alpha value is -2.82. The van der Waals surface area contributed by atoms with Crippen molar-refractivity contribution in [3.8, 4) is 0 Å². The fourth-order valence-electron chi connectivity index (χ4n) is 3.38. The molecule has 142 valence electrons. The lowest BCUT2D eigenvalue weighted by Gasteiger charge is -2.19. The van der Waals surface area contributed by atoms with Gasteiger partial charge in [0.2, 0.25) is 0 Å². The fraction of sp³-hybridized carbons (Fsp3) is 0.364. The Morgan fingerprint density at radius 1 is 1.04 bits per heavy atom. The number of anilines is 1. The first kappa shape index (κ1) is 19.0. The second-order valence-electron chi connectivity index (χ2n) is 7.24. The van der Waals surface area contributed by atoms with Gasteiger partial charge in [-0.25, -0.2) is 4.79 Å². The summed E-state index contributed by atoms with van der Waals surface area (Å²) >= 11 is 0. The van der Waals surface area contributed by atoms with E-state index in [1.54, 1.807) is 36.2 Å². The molecule has 0 aliphatic heterocycles. The molecule has 0 heterocycles. The number of hydrogen-bond donors (Lipinski definition) is 2. The van der Waals surface area contributed by atoms with Crippen molar-refractivity contribution in [2.75, 3.05) is 12.4 Å². The van der Waals surface area contributed by atoms with Crippen LogP contribution in [0.1, 0.15) is 47.2 Å². The monoisotopic (exact) mass is 365 g/mol. The normalized spacial score (nSPS) is 14.0. The number of hydrogen-bond acceptors (Lipinski definition) is 2. The summed E-state index contributed by atoms with van der Waals surface area (Å²) in [5, 5.41) is 5.95. The molecule has 1 saturated carbocycles. The zero-order chi connectivity index (χ0) is 19.2. The van der Waals surface area contributed by atoms with E-state index in [9.17, 15) is 9.59 Å². The highest BCUT2D eigenvalue weighted by Gasteiger charge is 2.18. The van der Waals surface area contributed by atoms with Gasteiger partial charge in [0.25, 0.3) is 5.91 Å². The summed E-state index contributed by atoms with van der Waals surface area (Å²) < 4.78 is 0. The van der Waals surface area contributed by atoms with Gasteiger partial charge in [0, 0.05) is 30.9 Å². The number of amides is 3. The molecule has 1 aliphatic rings. The van der Waals surface area contributed by atoms with E-state index in [2.05, 4.69) is 10.6 Å². The summed E-state index contributed by atoms with van der Waals surface area (Å²) in [6, 6.07) is 15.2. The third-order valence-corrected chi connectivity index (χ3v) is 5.10. The highest BCUT2D eigenvalue weighted by Crippen LogP contribution is 2.18. The summed E-state index contributed by atoms with van der Waals surface area (Å²) in [6.07, 6.45) is 4.50. The van der Waals surface area contributed by atoms with Crippen molar-refractivity contribution in [2.45, 2.75) is 45.2 Å². The van der Waals surface area contributed by atoms with E-state index in [-0.39, 0.29) is 11.9 Å². The van der Waals surface area contributed by atoms with E-state index in [1.807, 2.05) is 31.2 Å². The molecule has 5 nitrogen and oxygen atoms in total. The summed E-state index contributed by atoms with van der Waals surface area (Å²) in [5.74, 6) is -0.0450. The molecule has 27 heavy (non-hydrogen) atoms. The first-order valence-electron chi connectivity index (χ1n) is 9.50. The first-order chi connectivity index (χ1) is 13.0. The van der Waals surface area contributed by atoms with Crippen molar-refractivity contribution in [3.63, 3.8) is 0 Å². The average molecular weight is 365 g/mol. The first-order valence-corrected chi connectivity index (χ1v) is 9.50. The van der Waals surface area contributed by atoms with Crippen molar-refractivity contribution < 1.29 is 9.59 Å². The zero-order valence-corrected chi connectivity index (χ0v) is 16.0. The van der Waals surface area contributed by atoms with Gasteiger partial charge < -0.3 is 15.5 Å². The van der Waals surface area contributed by atoms with E-state index in [0.717, 1.165) is 24.0 Å². The Balaban J connectivity index is 1.54. The molecule has 3 rings (SSSR count). The lowest BCUT2D eigenvalue weighted by molar-refractivity contribution is 0.0938. The molecule has 0 radical (unpaired) electrons. The van der Waals surface area contributed by atoms with Crippen LogP contribution in [-0.2, 0) is 6.54 Å². The van der Waals surface area contributed by atoms with Crippen LogP contribution < -0.4 is 10.6 Å². The minimum absolute atomic E-state index is 0.0450. The van der Waals surface area contributed by atoms with Gasteiger partial charge >= 0.3 is 6.03 Å². The summed E-state index contributed by atoms with van der Waals surface area (Å²) in [5.41, 5.74) is 3.58. The Morgan fingerprint density at radius 2 is 1.70 bits per heavy atom. The minimum Gasteiger partial charge on any atom is -0.349 e. The number of urea groups is 1. The van der Waals surface area contributed by atoms with Crippen LogP contribution in [0.5, 0.6) is 0 Å². The molecule has 5 heteroatoms. The molecule has 0 unspecified atom stereocenters. The van der Waals surface area contributed by atoms with Crippen molar-refractivity contribution in [2.24, 2.45) is 0 Å². The molecule has 0 saturated heterocycles. The van der Waals surface area contributed by atoms with E-state index >= 15 is 0 Å². The van der Waals surface area contributed by atoms with E-state index in [0.29, 0.717) is 23.8 Å². The van der Waals surface area contributed by atoms with Gasteiger partial charge in [-0.3, -0.25) is 4.79 Å². The predicted octanol–water partition coefficient (Wildman–Crippen LogP) is 4.33. The lowest BCUT2D eigenvalue weighted by Crippen LogP contribution is -2.32. The van der Waals surface area contributed by atoms with Crippen molar-refractivity contribution >= 4 is 17.6 Å². The van der Waals surface area contributed by atoms with Crippen LogP contribution in [0.2, 0.25) is 0 Å². The van der Waals surface area contributed by atoms with Crippen molar-refractivity contribution in [1.82, 2.24) is 10.2 Å². The van der Waals surface area contributed by atoms with Crippen LogP contribution in [0, 0.1) is 6.92 Å². The summed E-state index contributed by atoms with van der Waals surface area (Å²) in [7, 11) is 1.77. The van der Waals surface area contributed by atoms with Gasteiger partial charge in [0.15, 0.2) is 0 Å². The molecule has 2 aromatic carbocycles. The molecule has 2 N–H and O–H groups in total. The van der Waals surface area contributed by atoms with Gasteiger partial charge in [-0.2, -0.15) is 0 Å². The Kier molecular flexibility index (Phi) is 6.12.